The normalized spacial score (nSPS) is 10.9. The lowest BCUT2D eigenvalue weighted by Crippen LogP contribution is -2.33. The molecule has 31 heavy (non-hydrogen) atoms. The molecule has 0 bridgehead atoms. The van der Waals surface area contributed by atoms with Crippen molar-refractivity contribution in [3.05, 3.63) is 102 Å². The summed E-state index contributed by atoms with van der Waals surface area (Å²) < 4.78 is 7.04. The van der Waals surface area contributed by atoms with E-state index in [2.05, 4.69) is 10.3 Å². The lowest BCUT2D eigenvalue weighted by Gasteiger charge is -2.20. The van der Waals surface area contributed by atoms with Crippen molar-refractivity contribution in [2.45, 2.75) is 19.5 Å². The van der Waals surface area contributed by atoms with Gasteiger partial charge in [-0.2, -0.15) is 0 Å². The van der Waals surface area contributed by atoms with Gasteiger partial charge in [0.15, 0.2) is 6.61 Å². The number of carbonyl (C=O) groups is 2. The fraction of sp³-hybridized carbons (Fsp3) is 0.160. The Balaban J connectivity index is 1.40. The Hall–Kier alpha value is -3.93. The number of carbonyl (C=O) groups excluding carboxylic acids is 2. The molecule has 4 aromatic rings. The van der Waals surface area contributed by atoms with Crippen molar-refractivity contribution in [3.63, 3.8) is 0 Å². The summed E-state index contributed by atoms with van der Waals surface area (Å²) >= 11 is 0. The largest absolute Gasteiger partial charge is 0.454 e. The molecule has 0 radical (unpaired) electrons. The van der Waals surface area contributed by atoms with Gasteiger partial charge in [0, 0.05) is 0 Å². The monoisotopic (exact) mass is 413 g/mol. The van der Waals surface area contributed by atoms with E-state index in [0.717, 1.165) is 28.0 Å². The first-order valence-electron chi connectivity index (χ1n) is 10.1. The van der Waals surface area contributed by atoms with Crippen LogP contribution in [0.4, 0.5) is 0 Å². The van der Waals surface area contributed by atoms with Crippen LogP contribution < -0.4 is 5.32 Å². The van der Waals surface area contributed by atoms with Crippen LogP contribution in [-0.2, 0) is 20.9 Å². The van der Waals surface area contributed by atoms with Gasteiger partial charge in [0.1, 0.15) is 12.4 Å². The van der Waals surface area contributed by atoms with Gasteiger partial charge in [-0.1, -0.05) is 72.8 Å². The number of para-hydroxylation sites is 2. The number of rotatable bonds is 7. The van der Waals surface area contributed by atoms with Crippen LogP contribution in [-0.4, -0.2) is 28.0 Å². The number of hydrogen-bond acceptors (Lipinski definition) is 4. The second kappa shape index (κ2) is 9.26. The number of benzene rings is 3. The molecule has 0 fully saturated rings. The second-order valence-corrected chi connectivity index (χ2v) is 7.22. The van der Waals surface area contributed by atoms with Gasteiger partial charge in [0.25, 0.3) is 5.91 Å². The Morgan fingerprint density at radius 3 is 2.13 bits per heavy atom. The zero-order chi connectivity index (χ0) is 21.6. The predicted molar refractivity (Wildman–Crippen MR) is 118 cm³/mol. The first-order chi connectivity index (χ1) is 15.1. The molecule has 0 saturated carbocycles. The smallest absolute Gasteiger partial charge is 0.326 e. The molecule has 1 aromatic heterocycles. The fourth-order valence-electron chi connectivity index (χ4n) is 3.57. The number of nitrogens with zero attached hydrogens (tertiary/aromatic N) is 2. The summed E-state index contributed by atoms with van der Waals surface area (Å²) in [6, 6.07) is 26.6. The first kappa shape index (κ1) is 20.3. The van der Waals surface area contributed by atoms with Crippen molar-refractivity contribution in [2.75, 3.05) is 6.61 Å². The third-order valence-corrected chi connectivity index (χ3v) is 5.07. The molecule has 3 aromatic carbocycles. The van der Waals surface area contributed by atoms with Gasteiger partial charge in [-0.15, -0.1) is 0 Å². The maximum absolute atomic E-state index is 12.6. The highest BCUT2D eigenvalue weighted by molar-refractivity contribution is 5.82. The third-order valence-electron chi connectivity index (χ3n) is 5.07. The molecule has 0 saturated heterocycles. The number of hydrogen-bond donors (Lipinski definition) is 1. The molecule has 4 rings (SSSR count). The molecule has 1 heterocycles. The number of ether oxygens (including phenoxy) is 1. The summed E-state index contributed by atoms with van der Waals surface area (Å²) in [6.45, 7) is 1.49. The quantitative estimate of drug-likeness (QED) is 0.468. The van der Waals surface area contributed by atoms with Crippen molar-refractivity contribution >= 4 is 22.9 Å². The van der Waals surface area contributed by atoms with E-state index in [1.54, 1.807) is 4.57 Å². The number of nitrogens with one attached hydrogen (secondary N) is 1. The summed E-state index contributed by atoms with van der Waals surface area (Å²) in [7, 11) is 0. The first-order valence-corrected chi connectivity index (χ1v) is 10.1. The minimum absolute atomic E-state index is 0.000422. The standard InChI is InChI=1S/C25H23N3O3/c1-18-26-21-14-8-9-15-22(21)28(18)16-24(30)31-17-23(29)27-25(19-10-4-2-5-11-19)20-12-6-3-7-13-20/h2-15,25H,16-17H2,1H3,(H,27,29). The van der Waals surface area contributed by atoms with Gasteiger partial charge in [-0.3, -0.25) is 9.59 Å². The number of aromatic nitrogens is 2. The summed E-state index contributed by atoms with van der Waals surface area (Å²) in [6.07, 6.45) is 0. The lowest BCUT2D eigenvalue weighted by molar-refractivity contribution is -0.149. The van der Waals surface area contributed by atoms with E-state index in [1.165, 1.54) is 0 Å². The molecule has 1 amide bonds. The van der Waals surface area contributed by atoms with E-state index in [1.807, 2.05) is 91.9 Å². The van der Waals surface area contributed by atoms with E-state index in [0.29, 0.717) is 0 Å². The van der Waals surface area contributed by atoms with Gasteiger partial charge >= 0.3 is 5.97 Å². The predicted octanol–water partition coefficient (Wildman–Crippen LogP) is 3.79. The summed E-state index contributed by atoms with van der Waals surface area (Å²) in [5.74, 6) is -0.133. The maximum Gasteiger partial charge on any atom is 0.326 e. The molecule has 0 aliphatic carbocycles. The minimum atomic E-state index is -0.489. The van der Waals surface area contributed by atoms with Crippen LogP contribution in [0.2, 0.25) is 0 Å². The highest BCUT2D eigenvalue weighted by atomic mass is 16.5. The molecule has 0 unspecified atom stereocenters. The molecule has 6 nitrogen and oxygen atoms in total. The van der Waals surface area contributed by atoms with Crippen LogP contribution >= 0.6 is 0 Å². The van der Waals surface area contributed by atoms with E-state index < -0.39 is 5.97 Å². The minimum Gasteiger partial charge on any atom is -0.454 e. The number of imidazole rings is 1. The maximum atomic E-state index is 12.6. The zero-order valence-corrected chi connectivity index (χ0v) is 17.2. The summed E-state index contributed by atoms with van der Waals surface area (Å²) in [5.41, 5.74) is 3.58. The number of aryl methyl sites for hydroxylation is 1. The van der Waals surface area contributed by atoms with E-state index >= 15 is 0 Å². The van der Waals surface area contributed by atoms with E-state index in [-0.39, 0.29) is 25.1 Å². The molecule has 0 aliphatic heterocycles. The Morgan fingerprint density at radius 2 is 1.48 bits per heavy atom. The molecule has 1 N–H and O–H groups in total. The van der Waals surface area contributed by atoms with Crippen LogP contribution in [0.25, 0.3) is 11.0 Å². The van der Waals surface area contributed by atoms with Crippen molar-refractivity contribution < 1.29 is 14.3 Å². The van der Waals surface area contributed by atoms with E-state index in [4.69, 9.17) is 4.74 Å². The molecule has 0 atom stereocenters. The molecule has 156 valence electrons. The van der Waals surface area contributed by atoms with Crippen LogP contribution in [0.5, 0.6) is 0 Å². The average molecular weight is 413 g/mol. The Labute approximate surface area is 180 Å². The van der Waals surface area contributed by atoms with Crippen molar-refractivity contribution in [2.24, 2.45) is 0 Å². The lowest BCUT2D eigenvalue weighted by atomic mass is 9.99. The van der Waals surface area contributed by atoms with Crippen molar-refractivity contribution in [1.29, 1.82) is 0 Å². The van der Waals surface area contributed by atoms with Gasteiger partial charge in [-0.05, 0) is 30.2 Å². The van der Waals surface area contributed by atoms with Gasteiger partial charge in [-0.25, -0.2) is 4.98 Å². The number of esters is 1. The summed E-state index contributed by atoms with van der Waals surface area (Å²) in [4.78, 5) is 29.4. The second-order valence-electron chi connectivity index (χ2n) is 7.22. The average Bonchev–Trinajstić information content (AvgIpc) is 3.12. The molecule has 6 heteroatoms. The molecule has 0 aliphatic rings. The summed E-state index contributed by atoms with van der Waals surface area (Å²) in [5, 5.41) is 2.97. The topological polar surface area (TPSA) is 73.2 Å². The Bertz CT molecular complexity index is 1150. The van der Waals surface area contributed by atoms with Gasteiger partial charge in [0.05, 0.1) is 17.1 Å². The molecular formula is C25H23N3O3. The van der Waals surface area contributed by atoms with Crippen molar-refractivity contribution in [3.8, 4) is 0 Å². The Kier molecular flexibility index (Phi) is 6.08. The third kappa shape index (κ3) is 4.80. The number of fused-ring (bicyclic) bond motifs is 1. The van der Waals surface area contributed by atoms with Crippen molar-refractivity contribution in [1.82, 2.24) is 14.9 Å². The SMILES string of the molecule is Cc1nc2ccccc2n1CC(=O)OCC(=O)NC(c1ccccc1)c1ccccc1. The zero-order valence-electron chi connectivity index (χ0n) is 17.2. The molecular weight excluding hydrogens is 390 g/mol. The Morgan fingerprint density at radius 1 is 0.903 bits per heavy atom. The van der Waals surface area contributed by atoms with Crippen LogP contribution in [0.3, 0.4) is 0 Å². The van der Waals surface area contributed by atoms with Crippen LogP contribution in [0, 0.1) is 6.92 Å². The van der Waals surface area contributed by atoms with Crippen LogP contribution in [0.1, 0.15) is 23.0 Å². The fourth-order valence-corrected chi connectivity index (χ4v) is 3.57. The highest BCUT2D eigenvalue weighted by Gasteiger charge is 2.18. The van der Waals surface area contributed by atoms with Gasteiger partial charge < -0.3 is 14.6 Å². The van der Waals surface area contributed by atoms with E-state index in [9.17, 15) is 9.59 Å². The highest BCUT2D eigenvalue weighted by Crippen LogP contribution is 2.21. The van der Waals surface area contributed by atoms with Gasteiger partial charge in [0.2, 0.25) is 0 Å². The van der Waals surface area contributed by atoms with Crippen LogP contribution in [0.15, 0.2) is 84.9 Å². The number of amides is 1. The molecule has 0 spiro atoms.